The Morgan fingerprint density at radius 2 is 2.00 bits per heavy atom. The molecule has 0 saturated heterocycles. The van der Waals surface area contributed by atoms with Crippen LogP contribution in [0, 0.1) is 0 Å². The summed E-state index contributed by atoms with van der Waals surface area (Å²) in [5.41, 5.74) is 4.49. The van der Waals surface area contributed by atoms with Crippen LogP contribution in [0.2, 0.25) is 5.02 Å². The Morgan fingerprint density at radius 1 is 1.33 bits per heavy atom. The highest BCUT2D eigenvalue weighted by molar-refractivity contribution is 6.30. The Bertz CT molecular complexity index is 371. The molecule has 0 aliphatic carbocycles. The summed E-state index contributed by atoms with van der Waals surface area (Å²) < 4.78 is 37.5. The van der Waals surface area contributed by atoms with Crippen LogP contribution in [0.3, 0.4) is 0 Å². The van der Waals surface area contributed by atoms with Gasteiger partial charge in [-0.3, -0.25) is 0 Å². The molecule has 0 amide bonds. The standard InChI is InChI=1S/C10H9ClF3N/c11-8-3-4-9(10(12,13)14)7(6-8)2-1-5-15/h1-4,6H,5,15H2. The summed E-state index contributed by atoms with van der Waals surface area (Å²) in [5.74, 6) is 0. The van der Waals surface area contributed by atoms with Crippen molar-refractivity contribution in [3.63, 3.8) is 0 Å². The minimum atomic E-state index is -4.38. The molecular weight excluding hydrogens is 227 g/mol. The lowest BCUT2D eigenvalue weighted by Crippen LogP contribution is -2.07. The first kappa shape index (κ1) is 12.1. The van der Waals surface area contributed by atoms with Crippen LogP contribution in [0.15, 0.2) is 24.3 Å². The van der Waals surface area contributed by atoms with Crippen molar-refractivity contribution in [3.8, 4) is 0 Å². The minimum Gasteiger partial charge on any atom is -0.327 e. The van der Waals surface area contributed by atoms with Crippen molar-refractivity contribution in [3.05, 3.63) is 40.4 Å². The van der Waals surface area contributed by atoms with Gasteiger partial charge in [-0.2, -0.15) is 13.2 Å². The van der Waals surface area contributed by atoms with Gasteiger partial charge in [-0.25, -0.2) is 0 Å². The van der Waals surface area contributed by atoms with Gasteiger partial charge in [0.1, 0.15) is 0 Å². The van der Waals surface area contributed by atoms with Crippen molar-refractivity contribution in [2.45, 2.75) is 6.18 Å². The van der Waals surface area contributed by atoms with Gasteiger partial charge in [-0.1, -0.05) is 23.8 Å². The van der Waals surface area contributed by atoms with Gasteiger partial charge in [-0.05, 0) is 23.8 Å². The van der Waals surface area contributed by atoms with E-state index in [1.807, 2.05) is 0 Å². The lowest BCUT2D eigenvalue weighted by molar-refractivity contribution is -0.137. The maximum atomic E-state index is 12.5. The fourth-order valence-electron chi connectivity index (χ4n) is 1.12. The molecule has 0 aliphatic heterocycles. The molecule has 0 aliphatic rings. The van der Waals surface area contributed by atoms with Crippen LogP contribution in [0.5, 0.6) is 0 Å². The van der Waals surface area contributed by atoms with Gasteiger partial charge in [0, 0.05) is 11.6 Å². The molecule has 0 aromatic heterocycles. The largest absolute Gasteiger partial charge is 0.416 e. The third-order valence-electron chi connectivity index (χ3n) is 1.75. The Hall–Kier alpha value is -1.00. The SMILES string of the molecule is NCC=Cc1cc(Cl)ccc1C(F)(F)F. The maximum Gasteiger partial charge on any atom is 0.416 e. The van der Waals surface area contributed by atoms with Crippen LogP contribution < -0.4 is 5.73 Å². The molecule has 0 atom stereocenters. The summed E-state index contributed by atoms with van der Waals surface area (Å²) in [7, 11) is 0. The lowest BCUT2D eigenvalue weighted by Gasteiger charge is -2.10. The molecule has 0 spiro atoms. The molecule has 1 nitrogen and oxygen atoms in total. The van der Waals surface area contributed by atoms with E-state index < -0.39 is 11.7 Å². The Morgan fingerprint density at radius 3 is 2.53 bits per heavy atom. The van der Waals surface area contributed by atoms with Crippen LogP contribution in [-0.4, -0.2) is 6.54 Å². The lowest BCUT2D eigenvalue weighted by atomic mass is 10.1. The van der Waals surface area contributed by atoms with E-state index in [1.54, 1.807) is 0 Å². The average molecular weight is 236 g/mol. The maximum absolute atomic E-state index is 12.5. The number of halogens is 4. The number of hydrogen-bond donors (Lipinski definition) is 1. The molecule has 1 aromatic carbocycles. The van der Waals surface area contributed by atoms with Gasteiger partial charge < -0.3 is 5.73 Å². The van der Waals surface area contributed by atoms with E-state index in [0.29, 0.717) is 0 Å². The number of hydrogen-bond acceptors (Lipinski definition) is 1. The van der Waals surface area contributed by atoms with Crippen LogP contribution in [0.25, 0.3) is 6.08 Å². The third-order valence-corrected chi connectivity index (χ3v) is 1.99. The number of rotatable bonds is 2. The van der Waals surface area contributed by atoms with Crippen molar-refractivity contribution in [2.75, 3.05) is 6.54 Å². The first-order chi connectivity index (χ1) is 6.95. The molecule has 0 fully saturated rings. The average Bonchev–Trinajstić information content (AvgIpc) is 2.12. The normalized spacial score (nSPS) is 12.3. The molecule has 0 unspecified atom stereocenters. The van der Waals surface area contributed by atoms with Crippen molar-refractivity contribution in [1.29, 1.82) is 0 Å². The molecule has 2 N–H and O–H groups in total. The van der Waals surface area contributed by atoms with E-state index in [-0.39, 0.29) is 17.1 Å². The molecule has 0 saturated carbocycles. The fourth-order valence-corrected chi connectivity index (χ4v) is 1.31. The number of nitrogens with two attached hydrogens (primary N) is 1. The second-order valence-corrected chi connectivity index (χ2v) is 3.30. The zero-order valence-electron chi connectivity index (χ0n) is 7.68. The quantitative estimate of drug-likeness (QED) is 0.836. The predicted octanol–water partition coefficient (Wildman–Crippen LogP) is 3.33. The van der Waals surface area contributed by atoms with Crippen LogP contribution >= 0.6 is 11.6 Å². The Labute approximate surface area is 90.3 Å². The third kappa shape index (κ3) is 3.25. The Kier molecular flexibility index (Phi) is 3.77. The predicted molar refractivity (Wildman–Crippen MR) is 54.5 cm³/mol. The number of alkyl halides is 3. The highest BCUT2D eigenvalue weighted by Gasteiger charge is 2.32. The van der Waals surface area contributed by atoms with E-state index in [2.05, 4.69) is 0 Å². The first-order valence-corrected chi connectivity index (χ1v) is 4.56. The van der Waals surface area contributed by atoms with E-state index in [1.165, 1.54) is 24.3 Å². The second kappa shape index (κ2) is 4.68. The summed E-state index contributed by atoms with van der Waals surface area (Å²) in [6, 6.07) is 3.43. The minimum absolute atomic E-state index is 0.0282. The van der Waals surface area contributed by atoms with Crippen molar-refractivity contribution < 1.29 is 13.2 Å². The highest BCUT2D eigenvalue weighted by Crippen LogP contribution is 2.33. The molecule has 1 rings (SSSR count). The Balaban J connectivity index is 3.21. The van der Waals surface area contributed by atoms with Crippen molar-refractivity contribution in [2.24, 2.45) is 5.73 Å². The van der Waals surface area contributed by atoms with E-state index in [4.69, 9.17) is 17.3 Å². The van der Waals surface area contributed by atoms with Crippen LogP contribution in [0.1, 0.15) is 11.1 Å². The van der Waals surface area contributed by atoms with Gasteiger partial charge in [0.25, 0.3) is 0 Å². The first-order valence-electron chi connectivity index (χ1n) is 4.18. The molecular formula is C10H9ClF3N. The van der Waals surface area contributed by atoms with Gasteiger partial charge >= 0.3 is 6.18 Å². The molecule has 0 heterocycles. The van der Waals surface area contributed by atoms with Gasteiger partial charge in [-0.15, -0.1) is 0 Å². The monoisotopic (exact) mass is 235 g/mol. The van der Waals surface area contributed by atoms with E-state index >= 15 is 0 Å². The molecule has 5 heteroatoms. The number of benzene rings is 1. The zero-order chi connectivity index (χ0) is 11.5. The van der Waals surface area contributed by atoms with Gasteiger partial charge in [0.2, 0.25) is 0 Å². The zero-order valence-corrected chi connectivity index (χ0v) is 8.44. The van der Waals surface area contributed by atoms with E-state index in [0.717, 1.165) is 6.07 Å². The summed E-state index contributed by atoms with van der Waals surface area (Å²) in [4.78, 5) is 0. The van der Waals surface area contributed by atoms with E-state index in [9.17, 15) is 13.2 Å². The second-order valence-electron chi connectivity index (χ2n) is 2.87. The fraction of sp³-hybridized carbons (Fsp3) is 0.200. The molecule has 82 valence electrons. The van der Waals surface area contributed by atoms with Crippen LogP contribution in [0.4, 0.5) is 13.2 Å². The molecule has 15 heavy (non-hydrogen) atoms. The molecule has 0 radical (unpaired) electrons. The van der Waals surface area contributed by atoms with Gasteiger partial charge in [0.15, 0.2) is 0 Å². The summed E-state index contributed by atoms with van der Waals surface area (Å²) in [6.45, 7) is 0.184. The topological polar surface area (TPSA) is 26.0 Å². The smallest absolute Gasteiger partial charge is 0.327 e. The van der Waals surface area contributed by atoms with Crippen molar-refractivity contribution in [1.82, 2.24) is 0 Å². The molecule has 0 bridgehead atoms. The summed E-state index contributed by atoms with van der Waals surface area (Å²) in [6.07, 6.45) is -1.62. The summed E-state index contributed by atoms with van der Waals surface area (Å²) in [5, 5.41) is 0.264. The summed E-state index contributed by atoms with van der Waals surface area (Å²) >= 11 is 5.61. The highest BCUT2D eigenvalue weighted by atomic mass is 35.5. The molecule has 1 aromatic rings. The van der Waals surface area contributed by atoms with Gasteiger partial charge in [0.05, 0.1) is 5.56 Å². The van der Waals surface area contributed by atoms with Crippen LogP contribution in [-0.2, 0) is 6.18 Å². The van der Waals surface area contributed by atoms with Crippen molar-refractivity contribution >= 4 is 17.7 Å².